The normalized spacial score (nSPS) is 11.9. The molecule has 3 N–H and O–H groups in total. The van der Waals surface area contributed by atoms with Gasteiger partial charge in [-0.25, -0.2) is 4.79 Å². The lowest BCUT2D eigenvalue weighted by atomic mass is 10.1. The van der Waals surface area contributed by atoms with E-state index in [1.807, 2.05) is 0 Å². The molecule has 0 saturated carbocycles. The average Bonchev–Trinajstić information content (AvgIpc) is 2.63. The summed E-state index contributed by atoms with van der Waals surface area (Å²) in [5.74, 6) is -2.79. The monoisotopic (exact) mass is 270 g/mol. The first-order chi connectivity index (χ1) is 8.82. The van der Waals surface area contributed by atoms with E-state index in [1.165, 1.54) is 6.92 Å². The van der Waals surface area contributed by atoms with E-state index in [2.05, 4.69) is 10.5 Å². The van der Waals surface area contributed by atoms with Crippen molar-refractivity contribution in [1.29, 1.82) is 0 Å². The zero-order chi connectivity index (χ0) is 14.6. The molecule has 1 amide bonds. The van der Waals surface area contributed by atoms with Crippen LogP contribution in [-0.4, -0.2) is 39.3 Å². The average molecular weight is 270 g/mol. The first kappa shape index (κ1) is 14.7. The fourth-order valence-electron chi connectivity index (χ4n) is 1.56. The minimum absolute atomic E-state index is 0.168. The van der Waals surface area contributed by atoms with Crippen molar-refractivity contribution in [2.75, 3.05) is 0 Å². The molecule has 1 aromatic rings. The molecule has 1 unspecified atom stereocenters. The van der Waals surface area contributed by atoms with Gasteiger partial charge in [0, 0.05) is 6.42 Å². The van der Waals surface area contributed by atoms with Crippen LogP contribution in [0.3, 0.4) is 0 Å². The van der Waals surface area contributed by atoms with Crippen LogP contribution in [0.5, 0.6) is 0 Å². The summed E-state index contributed by atoms with van der Waals surface area (Å²) in [5, 5.41) is 23.3. The maximum absolute atomic E-state index is 11.9. The summed E-state index contributed by atoms with van der Waals surface area (Å²) in [6, 6.07) is -1.27. The van der Waals surface area contributed by atoms with Crippen LogP contribution in [0.1, 0.15) is 34.7 Å². The molecular formula is C11H14N2O6. The van der Waals surface area contributed by atoms with E-state index in [4.69, 9.17) is 14.7 Å². The lowest BCUT2D eigenvalue weighted by Gasteiger charge is -2.13. The van der Waals surface area contributed by atoms with Gasteiger partial charge in [-0.1, -0.05) is 5.16 Å². The molecule has 8 nitrogen and oxygen atoms in total. The Morgan fingerprint density at radius 1 is 1.32 bits per heavy atom. The number of nitrogens with one attached hydrogen (secondary N) is 1. The highest BCUT2D eigenvalue weighted by Crippen LogP contribution is 2.12. The number of nitrogens with zero attached hydrogens (tertiary/aromatic N) is 1. The highest BCUT2D eigenvalue weighted by atomic mass is 16.5. The molecule has 1 atom stereocenters. The molecule has 0 saturated heterocycles. The summed E-state index contributed by atoms with van der Waals surface area (Å²) in [6.07, 6.45) is -0.543. The molecule has 0 aromatic carbocycles. The van der Waals surface area contributed by atoms with E-state index >= 15 is 0 Å². The van der Waals surface area contributed by atoms with Crippen molar-refractivity contribution in [3.05, 3.63) is 17.0 Å². The summed E-state index contributed by atoms with van der Waals surface area (Å²) in [4.78, 5) is 33.2. The molecule has 0 aliphatic rings. The summed E-state index contributed by atoms with van der Waals surface area (Å²) in [5.41, 5.74) is 0.513. The topological polar surface area (TPSA) is 130 Å². The summed E-state index contributed by atoms with van der Waals surface area (Å²) >= 11 is 0. The Labute approximate surface area is 108 Å². The Hall–Kier alpha value is -2.38. The predicted molar refractivity (Wildman–Crippen MR) is 61.7 cm³/mol. The van der Waals surface area contributed by atoms with Crippen molar-refractivity contribution in [3.8, 4) is 0 Å². The Morgan fingerprint density at radius 3 is 2.37 bits per heavy atom. The third-order valence-electron chi connectivity index (χ3n) is 2.51. The molecule has 19 heavy (non-hydrogen) atoms. The Kier molecular flexibility index (Phi) is 4.62. The lowest BCUT2D eigenvalue weighted by Crippen LogP contribution is -2.41. The predicted octanol–water partition coefficient (Wildman–Crippen LogP) is 0.339. The number of aliphatic carboxylic acids is 2. The molecule has 0 fully saturated rings. The fourth-order valence-corrected chi connectivity index (χ4v) is 1.56. The number of carboxylic acids is 2. The van der Waals surface area contributed by atoms with Crippen molar-refractivity contribution in [1.82, 2.24) is 10.5 Å². The number of carboxylic acid groups (broad SMARTS) is 2. The summed E-state index contributed by atoms with van der Waals surface area (Å²) in [7, 11) is 0. The van der Waals surface area contributed by atoms with E-state index in [1.54, 1.807) is 6.92 Å². The smallest absolute Gasteiger partial charge is 0.326 e. The molecule has 104 valence electrons. The third-order valence-corrected chi connectivity index (χ3v) is 2.51. The Bertz CT molecular complexity index is 488. The standard InChI is InChI=1S/C11H14N2O6/c1-5-9(6(2)19-13-5)10(16)12-7(11(17)18)3-4-8(14)15/h7H,3-4H2,1-2H3,(H,12,16)(H,14,15)(H,17,18). The SMILES string of the molecule is Cc1noc(C)c1C(=O)NC(CCC(=O)O)C(=O)O. The number of carbonyl (C=O) groups excluding carboxylic acids is 1. The molecule has 8 heteroatoms. The summed E-state index contributed by atoms with van der Waals surface area (Å²) < 4.78 is 4.80. The van der Waals surface area contributed by atoms with Gasteiger partial charge in [-0.3, -0.25) is 9.59 Å². The van der Waals surface area contributed by atoms with Crippen molar-refractivity contribution in [2.24, 2.45) is 0 Å². The maximum atomic E-state index is 11.9. The number of aryl methyl sites for hydroxylation is 2. The van der Waals surface area contributed by atoms with E-state index in [9.17, 15) is 14.4 Å². The largest absolute Gasteiger partial charge is 0.481 e. The third kappa shape index (κ3) is 3.80. The summed E-state index contributed by atoms with van der Waals surface area (Å²) in [6.45, 7) is 3.08. The second-order valence-electron chi connectivity index (χ2n) is 4.00. The number of aromatic nitrogens is 1. The molecule has 0 aliphatic carbocycles. The highest BCUT2D eigenvalue weighted by molar-refractivity contribution is 5.98. The molecule has 0 spiro atoms. The second-order valence-corrected chi connectivity index (χ2v) is 4.00. The number of carbonyl (C=O) groups is 3. The van der Waals surface area contributed by atoms with Gasteiger partial charge in [-0.2, -0.15) is 0 Å². The van der Waals surface area contributed by atoms with Gasteiger partial charge < -0.3 is 20.1 Å². The van der Waals surface area contributed by atoms with Gasteiger partial charge in [-0.05, 0) is 20.3 Å². The molecule has 0 radical (unpaired) electrons. The molecule has 0 aliphatic heterocycles. The van der Waals surface area contributed by atoms with Gasteiger partial charge in [-0.15, -0.1) is 0 Å². The number of hydrogen-bond donors (Lipinski definition) is 3. The molecule has 0 bridgehead atoms. The number of rotatable bonds is 6. The van der Waals surface area contributed by atoms with Crippen LogP contribution < -0.4 is 5.32 Å². The van der Waals surface area contributed by atoms with Gasteiger partial charge in [0.15, 0.2) is 0 Å². The molecule has 1 heterocycles. The van der Waals surface area contributed by atoms with Crippen molar-refractivity contribution in [2.45, 2.75) is 32.7 Å². The lowest BCUT2D eigenvalue weighted by molar-refractivity contribution is -0.140. The second kappa shape index (κ2) is 5.98. The van der Waals surface area contributed by atoms with Gasteiger partial charge in [0.2, 0.25) is 0 Å². The van der Waals surface area contributed by atoms with E-state index < -0.39 is 23.9 Å². The van der Waals surface area contributed by atoms with Crippen molar-refractivity contribution >= 4 is 17.8 Å². The maximum Gasteiger partial charge on any atom is 0.326 e. The minimum Gasteiger partial charge on any atom is -0.481 e. The van der Waals surface area contributed by atoms with E-state index in [-0.39, 0.29) is 24.2 Å². The molecule has 1 aromatic heterocycles. The van der Waals surface area contributed by atoms with Crippen molar-refractivity contribution in [3.63, 3.8) is 0 Å². The fraction of sp³-hybridized carbons (Fsp3) is 0.455. The minimum atomic E-state index is -1.29. The van der Waals surface area contributed by atoms with Gasteiger partial charge in [0.25, 0.3) is 5.91 Å². The quantitative estimate of drug-likeness (QED) is 0.679. The molecular weight excluding hydrogens is 256 g/mol. The zero-order valence-corrected chi connectivity index (χ0v) is 10.5. The van der Waals surface area contributed by atoms with Crippen LogP contribution in [0.15, 0.2) is 4.52 Å². The van der Waals surface area contributed by atoms with Crippen LogP contribution in [0, 0.1) is 13.8 Å². The van der Waals surface area contributed by atoms with Crippen LogP contribution in [0.4, 0.5) is 0 Å². The first-order valence-electron chi connectivity index (χ1n) is 5.51. The van der Waals surface area contributed by atoms with Gasteiger partial charge in [0.1, 0.15) is 17.4 Å². The Morgan fingerprint density at radius 2 is 1.95 bits per heavy atom. The van der Waals surface area contributed by atoms with E-state index in [0.717, 1.165) is 0 Å². The Balaban J connectivity index is 2.77. The number of hydrogen-bond acceptors (Lipinski definition) is 5. The van der Waals surface area contributed by atoms with Crippen LogP contribution in [0.25, 0.3) is 0 Å². The van der Waals surface area contributed by atoms with Gasteiger partial charge >= 0.3 is 11.9 Å². The zero-order valence-electron chi connectivity index (χ0n) is 10.5. The van der Waals surface area contributed by atoms with Crippen LogP contribution in [-0.2, 0) is 9.59 Å². The number of amides is 1. The van der Waals surface area contributed by atoms with Crippen LogP contribution in [0.2, 0.25) is 0 Å². The van der Waals surface area contributed by atoms with Crippen LogP contribution >= 0.6 is 0 Å². The van der Waals surface area contributed by atoms with Crippen molar-refractivity contribution < 1.29 is 29.1 Å². The van der Waals surface area contributed by atoms with Gasteiger partial charge in [0.05, 0.1) is 5.69 Å². The van der Waals surface area contributed by atoms with E-state index in [0.29, 0.717) is 5.69 Å². The first-order valence-corrected chi connectivity index (χ1v) is 5.51. The molecule has 1 rings (SSSR count). The highest BCUT2D eigenvalue weighted by Gasteiger charge is 2.25.